The fraction of sp³-hybridized carbons (Fsp3) is 0.667. The number of ether oxygens (including phenoxy) is 1. The van der Waals surface area contributed by atoms with Crippen molar-refractivity contribution in [3.8, 4) is 0 Å². The Hall–Kier alpha value is -1.43. The molecule has 0 radical (unpaired) electrons. The molecular formula is C15H22N2O3S. The molecule has 0 aromatic carbocycles. The molecule has 5 nitrogen and oxygen atoms in total. The molecule has 0 N–H and O–H groups in total. The summed E-state index contributed by atoms with van der Waals surface area (Å²) in [6.45, 7) is 8.11. The number of piperidine rings is 1. The molecule has 1 aliphatic rings. The van der Waals surface area contributed by atoms with Crippen molar-refractivity contribution in [1.82, 2.24) is 9.88 Å². The predicted molar refractivity (Wildman–Crippen MR) is 81.2 cm³/mol. The first-order valence-corrected chi connectivity index (χ1v) is 8.10. The van der Waals surface area contributed by atoms with Gasteiger partial charge in [0.05, 0.1) is 11.7 Å². The highest BCUT2D eigenvalue weighted by atomic mass is 32.1. The largest absolute Gasteiger partial charge is 0.458 e. The van der Waals surface area contributed by atoms with Gasteiger partial charge in [-0.15, -0.1) is 11.3 Å². The Bertz CT molecular complexity index is 507. The molecule has 1 amide bonds. The number of carbonyl (C=O) groups is 2. The van der Waals surface area contributed by atoms with Crippen molar-refractivity contribution in [1.29, 1.82) is 0 Å². The fourth-order valence-electron chi connectivity index (χ4n) is 2.60. The molecule has 0 saturated carbocycles. The van der Waals surface area contributed by atoms with Crippen LogP contribution >= 0.6 is 11.3 Å². The molecule has 6 heteroatoms. The normalized spacial score (nSPS) is 23.0. The lowest BCUT2D eigenvalue weighted by Crippen LogP contribution is -2.53. The fourth-order valence-corrected chi connectivity index (χ4v) is 3.18. The Morgan fingerprint density at radius 3 is 2.71 bits per heavy atom. The highest BCUT2D eigenvalue weighted by molar-refractivity contribution is 7.11. The summed E-state index contributed by atoms with van der Waals surface area (Å²) in [5.74, 6) is -0.335. The van der Waals surface area contributed by atoms with Crippen molar-refractivity contribution >= 4 is 23.2 Å². The highest BCUT2D eigenvalue weighted by Gasteiger charge is 2.40. The Balaban J connectivity index is 2.21. The Labute approximate surface area is 129 Å². The minimum absolute atomic E-state index is 0.102. The van der Waals surface area contributed by atoms with Crippen LogP contribution in [0.4, 0.5) is 0 Å². The summed E-state index contributed by atoms with van der Waals surface area (Å²) in [5.41, 5.74) is 1.08. The summed E-state index contributed by atoms with van der Waals surface area (Å²) in [7, 11) is 0. The van der Waals surface area contributed by atoms with E-state index in [1.165, 1.54) is 11.3 Å². The lowest BCUT2D eigenvalue weighted by atomic mass is 9.90. The van der Waals surface area contributed by atoms with E-state index in [0.717, 1.165) is 12.8 Å². The molecule has 1 saturated heterocycles. The monoisotopic (exact) mass is 310 g/mol. The SMILES string of the molecule is C[C@H]1CCCN(C(=O)c2cncs2)[C@H]1C(=O)OC(C)(C)C. The maximum atomic E-state index is 12.6. The van der Waals surface area contributed by atoms with Crippen LogP contribution in [0.25, 0.3) is 0 Å². The molecule has 0 aliphatic carbocycles. The smallest absolute Gasteiger partial charge is 0.329 e. The number of thiazole rings is 1. The van der Waals surface area contributed by atoms with Crippen LogP contribution in [0.5, 0.6) is 0 Å². The second-order valence-electron chi connectivity index (χ2n) is 6.46. The maximum Gasteiger partial charge on any atom is 0.329 e. The third-order valence-electron chi connectivity index (χ3n) is 3.49. The number of rotatable bonds is 2. The standard InChI is InChI=1S/C15H22N2O3S/c1-10-6-5-7-17(13(18)11-8-16-9-21-11)12(10)14(19)20-15(2,3)4/h8-10,12H,5-7H2,1-4H3/t10-,12+/m0/s1. The van der Waals surface area contributed by atoms with Gasteiger partial charge < -0.3 is 9.64 Å². The van der Waals surface area contributed by atoms with E-state index in [-0.39, 0.29) is 17.8 Å². The van der Waals surface area contributed by atoms with Crippen LogP contribution in [0, 0.1) is 5.92 Å². The van der Waals surface area contributed by atoms with Crippen LogP contribution < -0.4 is 0 Å². The molecule has 2 atom stereocenters. The summed E-state index contributed by atoms with van der Waals surface area (Å²) in [4.78, 5) is 31.2. The lowest BCUT2D eigenvalue weighted by Gasteiger charge is -2.39. The van der Waals surface area contributed by atoms with Crippen molar-refractivity contribution < 1.29 is 14.3 Å². The van der Waals surface area contributed by atoms with Crippen LogP contribution in [-0.2, 0) is 9.53 Å². The summed E-state index contributed by atoms with van der Waals surface area (Å²) in [6, 6.07) is -0.507. The van der Waals surface area contributed by atoms with E-state index in [9.17, 15) is 9.59 Å². The number of carbonyl (C=O) groups excluding carboxylic acids is 2. The first-order chi connectivity index (χ1) is 9.79. The van der Waals surface area contributed by atoms with Gasteiger partial charge in [-0.25, -0.2) is 4.79 Å². The zero-order valence-corrected chi connectivity index (χ0v) is 13.8. The molecule has 21 heavy (non-hydrogen) atoms. The second-order valence-corrected chi connectivity index (χ2v) is 7.35. The summed E-state index contributed by atoms with van der Waals surface area (Å²) < 4.78 is 5.50. The van der Waals surface area contributed by atoms with Gasteiger partial charge in [0.25, 0.3) is 5.91 Å². The number of aromatic nitrogens is 1. The van der Waals surface area contributed by atoms with Gasteiger partial charge in [0.15, 0.2) is 0 Å². The van der Waals surface area contributed by atoms with Gasteiger partial charge in [-0.1, -0.05) is 6.92 Å². The van der Waals surface area contributed by atoms with E-state index in [1.54, 1.807) is 16.6 Å². The lowest BCUT2D eigenvalue weighted by molar-refractivity contribution is -0.163. The van der Waals surface area contributed by atoms with E-state index in [4.69, 9.17) is 4.74 Å². The van der Waals surface area contributed by atoms with Crippen LogP contribution in [0.1, 0.15) is 50.2 Å². The maximum absolute atomic E-state index is 12.6. The molecule has 1 fully saturated rings. The van der Waals surface area contributed by atoms with Gasteiger partial charge in [-0.3, -0.25) is 9.78 Å². The third-order valence-corrected chi connectivity index (χ3v) is 4.25. The summed E-state index contributed by atoms with van der Waals surface area (Å²) in [6.07, 6.45) is 3.39. The topological polar surface area (TPSA) is 59.5 Å². The molecule has 0 spiro atoms. The summed E-state index contributed by atoms with van der Waals surface area (Å²) in [5, 5.41) is 0. The number of hydrogen-bond donors (Lipinski definition) is 0. The Kier molecular flexibility index (Phi) is 4.66. The average molecular weight is 310 g/mol. The first kappa shape index (κ1) is 15.9. The Morgan fingerprint density at radius 1 is 1.43 bits per heavy atom. The average Bonchev–Trinajstić information content (AvgIpc) is 2.89. The van der Waals surface area contributed by atoms with E-state index in [1.807, 2.05) is 27.7 Å². The van der Waals surface area contributed by atoms with E-state index in [0.29, 0.717) is 11.4 Å². The van der Waals surface area contributed by atoms with Crippen molar-refractivity contribution in [2.24, 2.45) is 5.92 Å². The molecule has 1 aromatic heterocycles. The van der Waals surface area contributed by atoms with E-state index >= 15 is 0 Å². The number of amides is 1. The first-order valence-electron chi connectivity index (χ1n) is 7.22. The molecule has 116 valence electrons. The zero-order valence-electron chi connectivity index (χ0n) is 13.0. The predicted octanol–water partition coefficient (Wildman–Crippen LogP) is 2.73. The minimum Gasteiger partial charge on any atom is -0.458 e. The van der Waals surface area contributed by atoms with Crippen molar-refractivity contribution in [3.63, 3.8) is 0 Å². The molecule has 0 unspecified atom stereocenters. The number of esters is 1. The number of nitrogens with zero attached hydrogens (tertiary/aromatic N) is 2. The molecule has 2 rings (SSSR count). The van der Waals surface area contributed by atoms with Crippen molar-refractivity contribution in [3.05, 3.63) is 16.6 Å². The molecule has 1 aromatic rings. The van der Waals surface area contributed by atoms with Gasteiger partial charge in [0, 0.05) is 6.54 Å². The second kappa shape index (κ2) is 6.13. The van der Waals surface area contributed by atoms with Gasteiger partial charge in [0.1, 0.15) is 16.5 Å². The van der Waals surface area contributed by atoms with E-state index < -0.39 is 11.6 Å². The van der Waals surface area contributed by atoms with Crippen molar-refractivity contribution in [2.75, 3.05) is 6.54 Å². The van der Waals surface area contributed by atoms with Gasteiger partial charge >= 0.3 is 5.97 Å². The van der Waals surface area contributed by atoms with Crippen molar-refractivity contribution in [2.45, 2.75) is 52.2 Å². The van der Waals surface area contributed by atoms with Gasteiger partial charge in [-0.05, 0) is 39.5 Å². The minimum atomic E-state index is -0.548. The van der Waals surface area contributed by atoms with Gasteiger partial charge in [0.2, 0.25) is 0 Å². The van der Waals surface area contributed by atoms with Crippen LogP contribution in [-0.4, -0.2) is 39.9 Å². The molecule has 0 bridgehead atoms. The quantitative estimate of drug-likeness (QED) is 0.788. The number of likely N-dealkylation sites (tertiary alicyclic amines) is 1. The van der Waals surface area contributed by atoms with Crippen LogP contribution in [0.3, 0.4) is 0 Å². The molecule has 1 aliphatic heterocycles. The molecule has 2 heterocycles. The number of hydrogen-bond acceptors (Lipinski definition) is 5. The third kappa shape index (κ3) is 3.81. The van der Waals surface area contributed by atoms with Crippen LogP contribution in [0.15, 0.2) is 11.7 Å². The zero-order chi connectivity index (χ0) is 15.6. The molecular weight excluding hydrogens is 288 g/mol. The van der Waals surface area contributed by atoms with Gasteiger partial charge in [-0.2, -0.15) is 0 Å². The van der Waals surface area contributed by atoms with E-state index in [2.05, 4.69) is 4.98 Å². The Morgan fingerprint density at radius 2 is 2.14 bits per heavy atom. The highest BCUT2D eigenvalue weighted by Crippen LogP contribution is 2.27. The van der Waals surface area contributed by atoms with Crippen LogP contribution in [0.2, 0.25) is 0 Å². The summed E-state index contributed by atoms with van der Waals surface area (Å²) >= 11 is 1.30.